The number of ether oxygens (including phenoxy) is 3. The molecule has 9 heteroatoms. The zero-order chi connectivity index (χ0) is 24.2. The lowest BCUT2D eigenvalue weighted by atomic mass is 10.1. The lowest BCUT2D eigenvalue weighted by Crippen LogP contribution is -2.39. The molecular formula is C24H28N2O6S. The maximum Gasteiger partial charge on any atom is 0.243 e. The number of likely N-dealkylation sites (N-methyl/N-ethyl adjacent to an activating group) is 2. The van der Waals surface area contributed by atoms with E-state index in [1.54, 1.807) is 37.4 Å². The molecule has 0 heterocycles. The topological polar surface area (TPSA) is 85.4 Å². The molecule has 0 aliphatic rings. The normalized spacial score (nSPS) is 11.5. The molecule has 176 valence electrons. The van der Waals surface area contributed by atoms with Crippen molar-refractivity contribution in [2.24, 2.45) is 0 Å². The Hall–Kier alpha value is -3.30. The molecule has 0 fully saturated rings. The van der Waals surface area contributed by atoms with Crippen LogP contribution >= 0.6 is 0 Å². The molecule has 3 aromatic rings. The van der Waals surface area contributed by atoms with Crippen LogP contribution < -0.4 is 14.2 Å². The Kier molecular flexibility index (Phi) is 7.45. The molecule has 0 aromatic heterocycles. The van der Waals surface area contributed by atoms with Crippen LogP contribution in [0.4, 0.5) is 0 Å². The number of nitrogens with zero attached hydrogens (tertiary/aromatic N) is 2. The van der Waals surface area contributed by atoms with Crippen molar-refractivity contribution in [2.75, 3.05) is 42.0 Å². The van der Waals surface area contributed by atoms with Crippen molar-refractivity contribution in [3.05, 3.63) is 60.2 Å². The average molecular weight is 473 g/mol. The van der Waals surface area contributed by atoms with Crippen molar-refractivity contribution >= 4 is 26.7 Å². The van der Waals surface area contributed by atoms with E-state index in [-0.39, 0.29) is 23.9 Å². The lowest BCUT2D eigenvalue weighted by Gasteiger charge is -2.23. The van der Waals surface area contributed by atoms with Crippen molar-refractivity contribution in [1.82, 2.24) is 9.21 Å². The predicted octanol–water partition coefficient (Wildman–Crippen LogP) is 3.14. The average Bonchev–Trinajstić information content (AvgIpc) is 2.82. The fourth-order valence-electron chi connectivity index (χ4n) is 3.49. The summed E-state index contributed by atoms with van der Waals surface area (Å²) in [6.07, 6.45) is 0. The number of hydrogen-bond donors (Lipinski definition) is 0. The molecule has 1 amide bonds. The summed E-state index contributed by atoms with van der Waals surface area (Å²) in [5.74, 6) is 1.06. The second kappa shape index (κ2) is 10.1. The predicted molar refractivity (Wildman–Crippen MR) is 126 cm³/mol. The summed E-state index contributed by atoms with van der Waals surface area (Å²) in [6.45, 7) is -0.0600. The Morgan fingerprint density at radius 1 is 0.848 bits per heavy atom. The van der Waals surface area contributed by atoms with E-state index in [9.17, 15) is 13.2 Å². The van der Waals surface area contributed by atoms with E-state index in [1.807, 2.05) is 24.3 Å². The number of benzene rings is 3. The van der Waals surface area contributed by atoms with E-state index in [1.165, 1.54) is 33.3 Å². The van der Waals surface area contributed by atoms with Crippen LogP contribution in [0.15, 0.2) is 59.5 Å². The third kappa shape index (κ3) is 5.20. The van der Waals surface area contributed by atoms with Crippen molar-refractivity contribution in [1.29, 1.82) is 0 Å². The Morgan fingerprint density at radius 2 is 1.45 bits per heavy atom. The number of sulfonamides is 1. The van der Waals surface area contributed by atoms with Gasteiger partial charge in [0, 0.05) is 20.6 Å². The van der Waals surface area contributed by atoms with Crippen LogP contribution in [-0.4, -0.2) is 65.5 Å². The highest BCUT2D eigenvalue weighted by molar-refractivity contribution is 7.89. The minimum atomic E-state index is -3.83. The van der Waals surface area contributed by atoms with Crippen molar-refractivity contribution in [3.63, 3.8) is 0 Å². The van der Waals surface area contributed by atoms with Crippen LogP contribution in [0.1, 0.15) is 5.56 Å². The number of carbonyl (C=O) groups excluding carboxylic acids is 1. The maximum atomic E-state index is 13.0. The first-order valence-electron chi connectivity index (χ1n) is 10.2. The van der Waals surface area contributed by atoms with Gasteiger partial charge < -0.3 is 19.1 Å². The van der Waals surface area contributed by atoms with Gasteiger partial charge in [-0.3, -0.25) is 4.79 Å². The van der Waals surface area contributed by atoms with E-state index in [0.717, 1.165) is 20.6 Å². The number of carbonyl (C=O) groups is 1. The van der Waals surface area contributed by atoms with Gasteiger partial charge >= 0.3 is 0 Å². The largest absolute Gasteiger partial charge is 0.493 e. The van der Waals surface area contributed by atoms with Gasteiger partial charge in [-0.1, -0.05) is 30.3 Å². The molecule has 0 aliphatic heterocycles. The van der Waals surface area contributed by atoms with Crippen molar-refractivity contribution < 1.29 is 27.4 Å². The fourth-order valence-corrected chi connectivity index (χ4v) is 4.65. The first-order chi connectivity index (χ1) is 15.7. The summed E-state index contributed by atoms with van der Waals surface area (Å²) in [7, 11) is 3.73. The Bertz CT molecular complexity index is 1230. The summed E-state index contributed by atoms with van der Waals surface area (Å²) >= 11 is 0. The Labute approximate surface area is 194 Å². The molecule has 0 unspecified atom stereocenters. The lowest BCUT2D eigenvalue weighted by molar-refractivity contribution is -0.130. The molecule has 0 N–H and O–H groups in total. The molecule has 0 saturated carbocycles. The molecule has 0 spiro atoms. The zero-order valence-electron chi connectivity index (χ0n) is 19.4. The number of amides is 1. The molecule has 0 radical (unpaired) electrons. The number of hydrogen-bond acceptors (Lipinski definition) is 6. The Balaban J connectivity index is 1.74. The Morgan fingerprint density at radius 3 is 2.03 bits per heavy atom. The van der Waals surface area contributed by atoms with Gasteiger partial charge in [-0.25, -0.2) is 8.42 Å². The summed E-state index contributed by atoms with van der Waals surface area (Å²) in [5, 5.41) is 1.76. The van der Waals surface area contributed by atoms with Gasteiger partial charge in [0.15, 0.2) is 11.5 Å². The highest BCUT2D eigenvalue weighted by atomic mass is 32.2. The highest BCUT2D eigenvalue weighted by Gasteiger charge is 2.25. The molecule has 3 aromatic carbocycles. The number of methoxy groups -OCH3 is 3. The molecule has 3 rings (SSSR count). The number of rotatable bonds is 9. The second-order valence-corrected chi connectivity index (χ2v) is 9.60. The SMILES string of the molecule is COc1cc(CN(C)C(=O)CN(C)S(=O)(=O)c2ccc3ccccc3c2)cc(OC)c1OC. The summed E-state index contributed by atoms with van der Waals surface area (Å²) in [4.78, 5) is 14.4. The highest BCUT2D eigenvalue weighted by Crippen LogP contribution is 2.38. The van der Waals surface area contributed by atoms with Crippen molar-refractivity contribution in [2.45, 2.75) is 11.4 Å². The smallest absolute Gasteiger partial charge is 0.243 e. The van der Waals surface area contributed by atoms with Crippen LogP contribution in [0, 0.1) is 0 Å². The molecule has 0 atom stereocenters. The van der Waals surface area contributed by atoms with Gasteiger partial charge in [-0.15, -0.1) is 0 Å². The molecule has 0 saturated heterocycles. The third-order valence-electron chi connectivity index (χ3n) is 5.36. The fraction of sp³-hybridized carbons (Fsp3) is 0.292. The monoisotopic (exact) mass is 472 g/mol. The zero-order valence-corrected chi connectivity index (χ0v) is 20.2. The summed E-state index contributed by atoms with van der Waals surface area (Å²) < 4.78 is 43.2. The van der Waals surface area contributed by atoms with E-state index in [2.05, 4.69) is 0 Å². The van der Waals surface area contributed by atoms with Crippen LogP contribution in [0.2, 0.25) is 0 Å². The van der Waals surface area contributed by atoms with Gasteiger partial charge in [-0.2, -0.15) is 4.31 Å². The molecule has 0 bridgehead atoms. The molecule has 8 nitrogen and oxygen atoms in total. The first-order valence-corrected chi connectivity index (χ1v) is 11.6. The van der Waals surface area contributed by atoms with E-state index < -0.39 is 10.0 Å². The van der Waals surface area contributed by atoms with E-state index >= 15 is 0 Å². The molecule has 0 aliphatic carbocycles. The van der Waals surface area contributed by atoms with Crippen LogP contribution in [0.5, 0.6) is 17.2 Å². The van der Waals surface area contributed by atoms with E-state index in [4.69, 9.17) is 14.2 Å². The standard InChI is InChI=1S/C24H28N2O6S/c1-25(15-17-12-21(30-3)24(32-5)22(13-17)31-4)23(27)16-26(2)33(28,29)20-11-10-18-8-6-7-9-19(18)14-20/h6-14H,15-16H2,1-5H3. The van der Waals surface area contributed by atoms with Gasteiger partial charge in [0.05, 0.1) is 32.8 Å². The van der Waals surface area contributed by atoms with Crippen molar-refractivity contribution in [3.8, 4) is 17.2 Å². The van der Waals surface area contributed by atoms with Gasteiger partial charge in [0.25, 0.3) is 0 Å². The minimum absolute atomic E-state index is 0.142. The molecule has 33 heavy (non-hydrogen) atoms. The quantitative estimate of drug-likeness (QED) is 0.476. The van der Waals surface area contributed by atoms with Gasteiger partial charge in [0.2, 0.25) is 21.7 Å². The summed E-state index contributed by atoms with van der Waals surface area (Å²) in [6, 6.07) is 15.9. The van der Waals surface area contributed by atoms with E-state index in [0.29, 0.717) is 17.2 Å². The van der Waals surface area contributed by atoms with Crippen LogP contribution in [-0.2, 0) is 21.4 Å². The third-order valence-corrected chi connectivity index (χ3v) is 7.16. The first kappa shape index (κ1) is 24.3. The van der Waals surface area contributed by atoms with Crippen LogP contribution in [0.3, 0.4) is 0 Å². The van der Waals surface area contributed by atoms with Crippen LogP contribution in [0.25, 0.3) is 10.8 Å². The van der Waals surface area contributed by atoms with Gasteiger partial charge in [0.1, 0.15) is 0 Å². The summed E-state index contributed by atoms with van der Waals surface area (Å²) in [5.41, 5.74) is 0.750. The maximum absolute atomic E-state index is 13.0. The minimum Gasteiger partial charge on any atom is -0.493 e. The second-order valence-electron chi connectivity index (χ2n) is 7.55. The number of fused-ring (bicyclic) bond motifs is 1. The van der Waals surface area contributed by atoms with Gasteiger partial charge in [-0.05, 0) is 40.6 Å². The molecular weight excluding hydrogens is 444 g/mol.